The van der Waals surface area contributed by atoms with E-state index in [9.17, 15) is 0 Å². The average Bonchev–Trinajstić information content (AvgIpc) is 3.91. The van der Waals surface area contributed by atoms with Gasteiger partial charge in [0.05, 0.1) is 27.8 Å². The highest BCUT2D eigenvalue weighted by molar-refractivity contribution is 7.00. The molecule has 0 unspecified atom stereocenters. The third kappa shape index (κ3) is 3.91. The molecule has 0 saturated carbocycles. The molecule has 3 nitrogen and oxygen atoms in total. The van der Waals surface area contributed by atoms with E-state index < -0.39 is 0 Å². The van der Waals surface area contributed by atoms with Gasteiger partial charge in [-0.1, -0.05) is 113 Å². The quantitative estimate of drug-likeness (QED) is 0.116. The van der Waals surface area contributed by atoms with Crippen molar-refractivity contribution in [3.63, 3.8) is 0 Å². The van der Waals surface area contributed by atoms with Crippen molar-refractivity contribution in [2.45, 2.75) is 27.7 Å². The van der Waals surface area contributed by atoms with Gasteiger partial charge in [0.1, 0.15) is 0 Å². The second-order valence-corrected chi connectivity index (χ2v) is 18.4. The molecule has 0 aliphatic carbocycles. The van der Waals surface area contributed by atoms with Crippen molar-refractivity contribution in [1.29, 1.82) is 0 Å². The van der Waals surface area contributed by atoms with Crippen LogP contribution in [0.3, 0.4) is 0 Å². The van der Waals surface area contributed by atoms with Gasteiger partial charge in [-0.15, -0.1) is 0 Å². The Morgan fingerprint density at radius 2 is 0.855 bits per heavy atom. The number of hydrogen-bond acceptors (Lipinski definition) is 0. The lowest BCUT2D eigenvalue weighted by Gasteiger charge is -2.35. The molecule has 0 saturated heterocycles. The van der Waals surface area contributed by atoms with Crippen LogP contribution >= 0.6 is 0 Å². The summed E-state index contributed by atoms with van der Waals surface area (Å²) < 4.78 is 7.77. The van der Waals surface area contributed by atoms with Crippen LogP contribution in [0, 0.1) is 27.7 Å². The van der Waals surface area contributed by atoms with Crippen LogP contribution in [0.4, 0.5) is 0 Å². The first-order chi connectivity index (χ1) is 30.4. The summed E-state index contributed by atoms with van der Waals surface area (Å²) in [5, 5.41) is 15.6. The first-order valence-electron chi connectivity index (χ1n) is 22.0. The van der Waals surface area contributed by atoms with E-state index in [0.29, 0.717) is 0 Å². The summed E-state index contributed by atoms with van der Waals surface area (Å²) in [4.78, 5) is 0. The van der Waals surface area contributed by atoms with Crippen molar-refractivity contribution in [1.82, 2.24) is 13.7 Å². The normalized spacial score (nSPS) is 13.1. The summed E-state index contributed by atoms with van der Waals surface area (Å²) in [7, 11) is 0. The van der Waals surface area contributed by atoms with Gasteiger partial charge in [0.2, 0.25) is 0 Å². The number of para-hydroxylation sites is 2. The molecule has 3 aromatic heterocycles. The van der Waals surface area contributed by atoms with Crippen LogP contribution in [0.5, 0.6) is 0 Å². The zero-order chi connectivity index (χ0) is 40.9. The maximum atomic E-state index is 2.68. The predicted molar refractivity (Wildman–Crippen MR) is 266 cm³/mol. The van der Waals surface area contributed by atoms with Crippen LogP contribution in [0.1, 0.15) is 22.3 Å². The lowest BCUT2D eigenvalue weighted by atomic mass is 9.34. The third-order valence-corrected chi connectivity index (χ3v) is 14.7. The summed E-state index contributed by atoms with van der Waals surface area (Å²) in [6, 6.07) is 60.7. The monoisotopic (exact) mass is 787 g/mol. The largest absolute Gasteiger partial charge is 0.310 e. The minimum absolute atomic E-state index is 0.0668. The minimum atomic E-state index is 0.0668. The maximum absolute atomic E-state index is 2.68. The summed E-state index contributed by atoms with van der Waals surface area (Å²) in [6.07, 6.45) is 0. The van der Waals surface area contributed by atoms with Gasteiger partial charge in [0.25, 0.3) is 6.71 Å². The number of fused-ring (bicyclic) bond motifs is 20. The number of nitrogens with zero attached hydrogens (tertiary/aromatic N) is 3. The molecule has 0 N–H and O–H groups in total. The van der Waals surface area contributed by atoms with Crippen LogP contribution in [-0.4, -0.2) is 20.4 Å². The van der Waals surface area contributed by atoms with Gasteiger partial charge in [-0.2, -0.15) is 0 Å². The Hall–Kier alpha value is -7.56. The van der Waals surface area contributed by atoms with Crippen molar-refractivity contribution >= 4 is 121 Å². The second kappa shape index (κ2) is 11.2. The van der Waals surface area contributed by atoms with Crippen molar-refractivity contribution < 1.29 is 0 Å². The minimum Gasteiger partial charge on any atom is -0.310 e. The van der Waals surface area contributed by atoms with Crippen molar-refractivity contribution in [2.75, 3.05) is 0 Å². The van der Waals surface area contributed by atoms with Crippen LogP contribution < -0.4 is 16.4 Å². The van der Waals surface area contributed by atoms with Gasteiger partial charge in [-0.05, 0) is 138 Å². The number of rotatable bonds is 1. The molecule has 5 heterocycles. The molecule has 0 bridgehead atoms. The molecule has 0 spiro atoms. The van der Waals surface area contributed by atoms with Gasteiger partial charge in [-0.25, -0.2) is 0 Å². The van der Waals surface area contributed by atoms with E-state index in [0.717, 1.165) is 0 Å². The Kier molecular flexibility index (Phi) is 6.01. The van der Waals surface area contributed by atoms with E-state index in [2.05, 4.69) is 199 Å². The fourth-order valence-corrected chi connectivity index (χ4v) is 12.4. The number of benzene rings is 10. The van der Waals surface area contributed by atoms with Gasteiger partial charge < -0.3 is 13.7 Å². The number of aromatic nitrogens is 3. The Bertz CT molecular complexity index is 4210. The Labute approximate surface area is 357 Å². The van der Waals surface area contributed by atoms with E-state index in [1.54, 1.807) is 0 Å². The molecule has 0 atom stereocenters. The van der Waals surface area contributed by atoms with Crippen LogP contribution in [0.15, 0.2) is 158 Å². The van der Waals surface area contributed by atoms with E-state index in [1.807, 2.05) is 0 Å². The lowest BCUT2D eigenvalue weighted by molar-refractivity contribution is 1.16. The molecule has 15 rings (SSSR count). The molecule has 4 heteroatoms. The summed E-state index contributed by atoms with van der Waals surface area (Å²) in [5.41, 5.74) is 20.8. The van der Waals surface area contributed by atoms with E-state index in [4.69, 9.17) is 0 Å². The molecular formula is C58H38BN3. The van der Waals surface area contributed by atoms with Crippen molar-refractivity contribution in [3.8, 4) is 17.1 Å². The van der Waals surface area contributed by atoms with Crippen LogP contribution in [0.2, 0.25) is 0 Å². The SMILES string of the molecule is Cc1ccc2c(c1)c1cc(C)cc3c1n2-c1cc2c4ccc(-n5c6ccccc6c6ccccc65)cc4c4ccccc4c2c2c1B3c1cc(C)cc3c4cc(C)ccc4n-2c13. The fraction of sp³-hybridized carbons (Fsp3) is 0.0690. The van der Waals surface area contributed by atoms with Gasteiger partial charge in [0, 0.05) is 60.1 Å². The molecular weight excluding hydrogens is 749 g/mol. The standard InChI is InChI=1S/C58H38BN3/c1-31-17-21-51-42(23-31)45-25-33(3)27-47-56(45)61(51)53-30-44-37-20-19-35(60-49-15-9-7-12-38(49)39-13-8-10-16-50(39)60)29-41(37)36-11-5-6-14-40(36)54(44)58-55(53)59(47)48-28-34(4)26-46-43-24-32(2)18-22-52(43)62(58)57(46)48/h5-30H,1-4H3. The number of hydrogen-bond donors (Lipinski definition) is 0. The Morgan fingerprint density at radius 3 is 1.50 bits per heavy atom. The molecule has 2 aliphatic rings. The molecule has 10 aromatic carbocycles. The Morgan fingerprint density at radius 1 is 0.339 bits per heavy atom. The first kappa shape index (κ1) is 33.2. The van der Waals surface area contributed by atoms with Crippen molar-refractivity contribution in [2.24, 2.45) is 0 Å². The lowest BCUT2D eigenvalue weighted by Crippen LogP contribution is -2.59. The fourth-order valence-electron chi connectivity index (χ4n) is 12.4. The zero-order valence-corrected chi connectivity index (χ0v) is 34.9. The van der Waals surface area contributed by atoms with E-state index in [1.165, 1.54) is 153 Å². The van der Waals surface area contributed by atoms with Crippen LogP contribution in [0.25, 0.3) is 115 Å². The van der Waals surface area contributed by atoms with Gasteiger partial charge in [0.15, 0.2) is 0 Å². The topological polar surface area (TPSA) is 14.8 Å². The van der Waals surface area contributed by atoms with Crippen molar-refractivity contribution in [3.05, 3.63) is 180 Å². The molecule has 288 valence electrons. The van der Waals surface area contributed by atoms with E-state index >= 15 is 0 Å². The summed E-state index contributed by atoms with van der Waals surface area (Å²) in [5.74, 6) is 0. The number of aryl methyl sites for hydroxylation is 4. The third-order valence-electron chi connectivity index (χ3n) is 14.7. The highest BCUT2D eigenvalue weighted by atomic mass is 15.0. The summed E-state index contributed by atoms with van der Waals surface area (Å²) >= 11 is 0. The highest BCUT2D eigenvalue weighted by Gasteiger charge is 2.42. The van der Waals surface area contributed by atoms with Gasteiger partial charge >= 0.3 is 0 Å². The molecule has 0 amide bonds. The maximum Gasteiger partial charge on any atom is 0.252 e. The molecule has 0 fully saturated rings. The molecule has 2 aliphatic heterocycles. The first-order valence-corrected chi connectivity index (χ1v) is 22.0. The summed E-state index contributed by atoms with van der Waals surface area (Å²) in [6.45, 7) is 9.09. The van der Waals surface area contributed by atoms with E-state index in [-0.39, 0.29) is 6.71 Å². The molecule has 62 heavy (non-hydrogen) atoms. The van der Waals surface area contributed by atoms with Crippen LogP contribution in [-0.2, 0) is 0 Å². The molecule has 0 radical (unpaired) electrons. The predicted octanol–water partition coefficient (Wildman–Crippen LogP) is 12.8. The zero-order valence-electron chi connectivity index (χ0n) is 34.9. The highest BCUT2D eigenvalue weighted by Crippen LogP contribution is 2.46. The molecule has 13 aromatic rings. The van der Waals surface area contributed by atoms with Gasteiger partial charge in [-0.3, -0.25) is 0 Å². The Balaban J connectivity index is 1.18. The average molecular weight is 788 g/mol. The smallest absolute Gasteiger partial charge is 0.252 e. The second-order valence-electron chi connectivity index (χ2n) is 18.4.